The maximum absolute atomic E-state index is 13.4. The van der Waals surface area contributed by atoms with Crippen molar-refractivity contribution in [3.05, 3.63) is 82.9 Å². The van der Waals surface area contributed by atoms with E-state index in [1.54, 1.807) is 24.3 Å². The Morgan fingerprint density at radius 2 is 1.62 bits per heavy atom. The van der Waals surface area contributed by atoms with Crippen LogP contribution in [0.15, 0.2) is 77.7 Å². The van der Waals surface area contributed by atoms with Gasteiger partial charge in [-0.05, 0) is 30.0 Å². The van der Waals surface area contributed by atoms with Crippen LogP contribution in [0.4, 0.5) is 0 Å². The van der Waals surface area contributed by atoms with Gasteiger partial charge in [0.1, 0.15) is 5.75 Å². The van der Waals surface area contributed by atoms with Crippen LogP contribution in [-0.4, -0.2) is 24.2 Å². The van der Waals surface area contributed by atoms with E-state index in [1.807, 2.05) is 31.2 Å². The summed E-state index contributed by atoms with van der Waals surface area (Å²) in [5.41, 5.74) is 0. The van der Waals surface area contributed by atoms with Crippen molar-refractivity contribution >= 4 is 26.6 Å². The van der Waals surface area contributed by atoms with Crippen LogP contribution in [0, 0.1) is 10.1 Å². The number of carbonyl (C=O) groups excluding carboxylic acids is 1. The highest BCUT2D eigenvalue weighted by Crippen LogP contribution is 2.36. The van der Waals surface area contributed by atoms with Crippen LogP contribution in [0.3, 0.4) is 0 Å². The molecule has 0 aliphatic carbocycles. The van der Waals surface area contributed by atoms with Gasteiger partial charge in [0.2, 0.25) is 9.84 Å². The van der Waals surface area contributed by atoms with Crippen LogP contribution in [0.1, 0.15) is 39.0 Å². The first-order chi connectivity index (χ1) is 15.3. The molecule has 0 radical (unpaired) electrons. The van der Waals surface area contributed by atoms with Gasteiger partial charge in [-0.2, -0.15) is 0 Å². The van der Waals surface area contributed by atoms with Gasteiger partial charge in [0.15, 0.2) is 0 Å². The fourth-order valence-electron chi connectivity index (χ4n) is 3.70. The van der Waals surface area contributed by atoms with Crippen molar-refractivity contribution in [1.82, 2.24) is 0 Å². The van der Waals surface area contributed by atoms with E-state index in [9.17, 15) is 23.3 Å². The Kier molecular flexibility index (Phi) is 7.25. The minimum atomic E-state index is -4.34. The molecule has 0 N–H and O–H groups in total. The molecule has 0 aliphatic heterocycles. The lowest BCUT2D eigenvalue weighted by atomic mass is 10.0. The maximum Gasteiger partial charge on any atom is 0.323 e. The zero-order valence-electron chi connectivity index (χ0n) is 17.8. The second-order valence-corrected chi connectivity index (χ2v) is 9.81. The molecule has 7 nitrogen and oxygen atoms in total. The minimum absolute atomic E-state index is 0.129. The normalized spacial score (nSPS) is 13.4. The summed E-state index contributed by atoms with van der Waals surface area (Å²) in [7, 11) is -4.34. The van der Waals surface area contributed by atoms with Crippen molar-refractivity contribution in [2.24, 2.45) is 0 Å². The standard InChI is InChI=1S/C24H25NO6S/c1-2-3-17-24(25(27)28,32(29,30)20-12-5-4-6-13-20)18-16-23(26)31-22-15-9-11-19-10-7-8-14-21(19)22/h4-15H,2-3,16-18H2,1H3/t24-/m1/s1. The zero-order valence-corrected chi connectivity index (χ0v) is 18.6. The second kappa shape index (κ2) is 9.91. The third kappa shape index (κ3) is 4.65. The van der Waals surface area contributed by atoms with E-state index in [-0.39, 0.29) is 11.3 Å². The predicted octanol–water partition coefficient (Wildman–Crippen LogP) is 5.16. The molecule has 3 aromatic rings. The van der Waals surface area contributed by atoms with Gasteiger partial charge >= 0.3 is 10.8 Å². The number of fused-ring (bicyclic) bond motifs is 1. The summed E-state index contributed by atoms with van der Waals surface area (Å²) >= 11 is 0. The molecule has 0 aliphatic rings. The van der Waals surface area contributed by atoms with Crippen LogP contribution in [0.25, 0.3) is 10.8 Å². The van der Waals surface area contributed by atoms with E-state index in [2.05, 4.69) is 0 Å². The predicted molar refractivity (Wildman–Crippen MR) is 122 cm³/mol. The van der Waals surface area contributed by atoms with Crippen molar-refractivity contribution < 1.29 is 22.9 Å². The first-order valence-electron chi connectivity index (χ1n) is 10.4. The quantitative estimate of drug-likeness (QED) is 0.181. The molecule has 0 heterocycles. The van der Waals surface area contributed by atoms with Gasteiger partial charge < -0.3 is 4.74 Å². The molecule has 32 heavy (non-hydrogen) atoms. The van der Waals surface area contributed by atoms with Gasteiger partial charge in [-0.15, -0.1) is 0 Å². The molecule has 0 aromatic heterocycles. The largest absolute Gasteiger partial charge is 0.426 e. The number of hydrogen-bond donors (Lipinski definition) is 0. The van der Waals surface area contributed by atoms with E-state index >= 15 is 0 Å². The summed E-state index contributed by atoms with van der Waals surface area (Å²) < 4.78 is 32.2. The van der Waals surface area contributed by atoms with Crippen molar-refractivity contribution in [2.45, 2.75) is 48.8 Å². The number of ether oxygens (including phenoxy) is 1. The Morgan fingerprint density at radius 1 is 0.969 bits per heavy atom. The average Bonchev–Trinajstić information content (AvgIpc) is 2.80. The van der Waals surface area contributed by atoms with E-state index in [4.69, 9.17) is 4.74 Å². The third-order valence-corrected chi connectivity index (χ3v) is 7.95. The number of nitrogens with zero attached hydrogens (tertiary/aromatic N) is 1. The number of unbranched alkanes of at least 4 members (excludes halogenated alkanes) is 1. The Balaban J connectivity index is 1.88. The smallest absolute Gasteiger partial charge is 0.323 e. The molecular formula is C24H25NO6S. The topological polar surface area (TPSA) is 104 Å². The average molecular weight is 456 g/mol. The maximum atomic E-state index is 13.4. The Hall–Kier alpha value is -3.26. The van der Waals surface area contributed by atoms with E-state index in [0.717, 1.165) is 10.8 Å². The SMILES string of the molecule is CCCC[C@@](CCC(=O)Oc1cccc2ccccc12)([N+](=O)[O-])S(=O)(=O)c1ccccc1. The third-order valence-electron chi connectivity index (χ3n) is 5.50. The first-order valence-corrected chi connectivity index (χ1v) is 11.9. The van der Waals surface area contributed by atoms with Gasteiger partial charge in [0.25, 0.3) is 0 Å². The van der Waals surface area contributed by atoms with E-state index in [1.165, 1.54) is 24.3 Å². The van der Waals surface area contributed by atoms with Crippen molar-refractivity contribution in [3.8, 4) is 5.75 Å². The van der Waals surface area contributed by atoms with Gasteiger partial charge in [-0.1, -0.05) is 67.9 Å². The summed E-state index contributed by atoms with van der Waals surface area (Å²) in [6.07, 6.45) is -0.137. The number of hydrogen-bond acceptors (Lipinski definition) is 6. The molecule has 0 unspecified atom stereocenters. The molecule has 0 spiro atoms. The molecule has 0 bridgehead atoms. The monoisotopic (exact) mass is 455 g/mol. The van der Waals surface area contributed by atoms with Gasteiger partial charge in [-0.25, -0.2) is 8.42 Å². The lowest BCUT2D eigenvalue weighted by Crippen LogP contribution is -2.47. The second-order valence-electron chi connectivity index (χ2n) is 7.57. The van der Waals surface area contributed by atoms with Crippen LogP contribution >= 0.6 is 0 Å². The van der Waals surface area contributed by atoms with Gasteiger partial charge in [0.05, 0.1) is 11.3 Å². The Labute approximate surface area is 187 Å². The number of carbonyl (C=O) groups is 1. The summed E-state index contributed by atoms with van der Waals surface area (Å²) in [5, 5.41) is 13.8. The number of rotatable bonds is 10. The number of sulfone groups is 1. The highest BCUT2D eigenvalue weighted by Gasteiger charge is 2.55. The van der Waals surface area contributed by atoms with Crippen LogP contribution in [0.5, 0.6) is 5.75 Å². The zero-order chi connectivity index (χ0) is 23.2. The minimum Gasteiger partial charge on any atom is -0.426 e. The fraction of sp³-hybridized carbons (Fsp3) is 0.292. The summed E-state index contributed by atoms with van der Waals surface area (Å²) in [6, 6.07) is 20.0. The summed E-state index contributed by atoms with van der Waals surface area (Å²) in [6.45, 7) is 1.83. The van der Waals surface area contributed by atoms with Crippen molar-refractivity contribution in [1.29, 1.82) is 0 Å². The molecule has 3 aromatic carbocycles. The Bertz CT molecular complexity index is 1200. The summed E-state index contributed by atoms with van der Waals surface area (Å²) in [4.78, 5) is 21.6. The van der Waals surface area contributed by atoms with Crippen LogP contribution in [0.2, 0.25) is 0 Å². The van der Waals surface area contributed by atoms with Crippen molar-refractivity contribution in [2.75, 3.05) is 0 Å². The highest BCUT2D eigenvalue weighted by molar-refractivity contribution is 7.92. The van der Waals surface area contributed by atoms with E-state index in [0.29, 0.717) is 18.6 Å². The lowest BCUT2D eigenvalue weighted by Gasteiger charge is -2.25. The highest BCUT2D eigenvalue weighted by atomic mass is 32.2. The molecule has 0 fully saturated rings. The Morgan fingerprint density at radius 3 is 2.31 bits per heavy atom. The van der Waals surface area contributed by atoms with Crippen LogP contribution < -0.4 is 4.74 Å². The van der Waals surface area contributed by atoms with Gasteiger partial charge in [-0.3, -0.25) is 14.9 Å². The van der Waals surface area contributed by atoms with Crippen LogP contribution in [-0.2, 0) is 14.6 Å². The molecule has 3 rings (SSSR count). The molecule has 1 atom stereocenters. The first kappa shape index (κ1) is 23.4. The molecular weight excluding hydrogens is 430 g/mol. The molecule has 168 valence electrons. The fourth-order valence-corrected chi connectivity index (χ4v) is 5.64. The molecule has 8 heteroatoms. The van der Waals surface area contributed by atoms with E-state index < -0.39 is 38.4 Å². The van der Waals surface area contributed by atoms with Crippen molar-refractivity contribution in [3.63, 3.8) is 0 Å². The lowest BCUT2D eigenvalue weighted by molar-refractivity contribution is -0.543. The summed E-state index contributed by atoms with van der Waals surface area (Å²) in [5.74, 6) is -0.383. The number of esters is 1. The number of nitro groups is 1. The van der Waals surface area contributed by atoms with Gasteiger partial charge in [0, 0.05) is 23.2 Å². The number of benzene rings is 3. The molecule has 0 saturated carbocycles. The molecule has 0 saturated heterocycles. The molecule has 0 amide bonds.